The molecular formula is C13H26N2O. The van der Waals surface area contributed by atoms with E-state index < -0.39 is 0 Å². The minimum absolute atomic E-state index is 0.313. The molecule has 0 aromatic rings. The zero-order valence-electron chi connectivity index (χ0n) is 10.9. The van der Waals surface area contributed by atoms with Gasteiger partial charge in [0, 0.05) is 19.1 Å². The molecule has 2 rings (SSSR count). The summed E-state index contributed by atoms with van der Waals surface area (Å²) < 4.78 is 5.82. The number of nitrogens with zero attached hydrogens (tertiary/aromatic N) is 1. The first kappa shape index (κ1) is 12.3. The van der Waals surface area contributed by atoms with Crippen LogP contribution in [-0.4, -0.2) is 43.4 Å². The summed E-state index contributed by atoms with van der Waals surface area (Å²) in [5, 5.41) is 3.50. The fraction of sp³-hybridized carbons (Fsp3) is 1.00. The Morgan fingerprint density at radius 1 is 1.44 bits per heavy atom. The van der Waals surface area contributed by atoms with E-state index >= 15 is 0 Å². The van der Waals surface area contributed by atoms with Crippen LogP contribution in [0.25, 0.3) is 0 Å². The van der Waals surface area contributed by atoms with Gasteiger partial charge in [0.05, 0.1) is 6.61 Å². The molecule has 3 atom stereocenters. The van der Waals surface area contributed by atoms with Crippen molar-refractivity contribution in [3.63, 3.8) is 0 Å². The molecule has 0 bridgehead atoms. The largest absolute Gasteiger partial charge is 0.363 e. The summed E-state index contributed by atoms with van der Waals surface area (Å²) in [6.07, 6.45) is 2.85. The number of nitrogens with one attached hydrogen (secondary N) is 1. The zero-order chi connectivity index (χ0) is 11.5. The van der Waals surface area contributed by atoms with Crippen molar-refractivity contribution in [3.8, 4) is 0 Å². The van der Waals surface area contributed by atoms with Crippen LogP contribution in [0.15, 0.2) is 0 Å². The third kappa shape index (κ3) is 3.19. The minimum atomic E-state index is 0.313. The normalized spacial score (nSPS) is 37.1. The molecular weight excluding hydrogens is 200 g/mol. The Morgan fingerprint density at radius 2 is 2.25 bits per heavy atom. The predicted octanol–water partition coefficient (Wildman–Crippen LogP) is 1.69. The summed E-state index contributed by atoms with van der Waals surface area (Å²) in [7, 11) is 0. The quantitative estimate of drug-likeness (QED) is 0.792. The van der Waals surface area contributed by atoms with Crippen LogP contribution >= 0.6 is 0 Å². The molecule has 0 amide bonds. The highest BCUT2D eigenvalue weighted by Crippen LogP contribution is 2.24. The van der Waals surface area contributed by atoms with Gasteiger partial charge in [0.15, 0.2) is 0 Å². The second-order valence-electron chi connectivity index (χ2n) is 5.81. The van der Waals surface area contributed by atoms with Crippen LogP contribution in [0, 0.1) is 11.8 Å². The number of ether oxygens (including phenoxy) is 1. The monoisotopic (exact) mass is 226 g/mol. The molecule has 3 heteroatoms. The fourth-order valence-corrected chi connectivity index (χ4v) is 2.71. The second-order valence-corrected chi connectivity index (χ2v) is 5.81. The van der Waals surface area contributed by atoms with Gasteiger partial charge in [-0.2, -0.15) is 0 Å². The molecule has 1 N–H and O–H groups in total. The van der Waals surface area contributed by atoms with E-state index in [1.807, 2.05) is 0 Å². The predicted molar refractivity (Wildman–Crippen MR) is 66.3 cm³/mol. The lowest BCUT2D eigenvalue weighted by Gasteiger charge is -2.30. The summed E-state index contributed by atoms with van der Waals surface area (Å²) in [5.41, 5.74) is 0. The Bertz CT molecular complexity index is 212. The molecule has 0 radical (unpaired) electrons. The van der Waals surface area contributed by atoms with Crippen molar-refractivity contribution in [2.75, 3.05) is 26.2 Å². The Hall–Kier alpha value is -0.120. The number of rotatable bonds is 3. The summed E-state index contributed by atoms with van der Waals surface area (Å²) in [6, 6.07) is 0.699. The zero-order valence-corrected chi connectivity index (χ0v) is 10.9. The molecule has 0 aromatic heterocycles. The summed E-state index contributed by atoms with van der Waals surface area (Å²) in [5.74, 6) is 1.50. The topological polar surface area (TPSA) is 24.5 Å². The van der Waals surface area contributed by atoms with Gasteiger partial charge in [-0.25, -0.2) is 0 Å². The Kier molecular flexibility index (Phi) is 4.22. The molecule has 2 saturated heterocycles. The van der Waals surface area contributed by atoms with Gasteiger partial charge in [0.2, 0.25) is 0 Å². The van der Waals surface area contributed by atoms with Gasteiger partial charge >= 0.3 is 0 Å². The van der Waals surface area contributed by atoms with E-state index in [4.69, 9.17) is 4.74 Å². The fourth-order valence-electron chi connectivity index (χ4n) is 2.71. The lowest BCUT2D eigenvalue weighted by molar-refractivity contribution is -0.0354. The Morgan fingerprint density at radius 3 is 2.81 bits per heavy atom. The van der Waals surface area contributed by atoms with Crippen molar-refractivity contribution in [1.82, 2.24) is 10.2 Å². The van der Waals surface area contributed by atoms with Crippen LogP contribution in [0.2, 0.25) is 0 Å². The molecule has 0 spiro atoms. The first-order valence-electron chi connectivity index (χ1n) is 6.74. The highest BCUT2D eigenvalue weighted by Gasteiger charge is 2.28. The molecule has 0 saturated carbocycles. The van der Waals surface area contributed by atoms with E-state index in [2.05, 4.69) is 31.0 Å². The van der Waals surface area contributed by atoms with Gasteiger partial charge in [-0.15, -0.1) is 0 Å². The first-order valence-corrected chi connectivity index (χ1v) is 6.74. The van der Waals surface area contributed by atoms with Crippen molar-refractivity contribution >= 4 is 0 Å². The second kappa shape index (κ2) is 5.48. The molecule has 94 valence electrons. The third-order valence-corrected chi connectivity index (χ3v) is 3.87. The standard InChI is InChI=1S/C13H26N2O/c1-10(2)15-5-4-12(8-15)6-13-14-7-11(3)9-16-13/h10-14H,4-9H2,1-3H3. The number of hydrogen-bond acceptors (Lipinski definition) is 3. The van der Waals surface area contributed by atoms with Gasteiger partial charge in [0.1, 0.15) is 6.23 Å². The highest BCUT2D eigenvalue weighted by atomic mass is 16.5. The van der Waals surface area contributed by atoms with E-state index in [0.29, 0.717) is 18.2 Å². The van der Waals surface area contributed by atoms with E-state index in [9.17, 15) is 0 Å². The van der Waals surface area contributed by atoms with Crippen LogP contribution in [-0.2, 0) is 4.74 Å². The molecule has 2 aliphatic heterocycles. The van der Waals surface area contributed by atoms with E-state index in [-0.39, 0.29) is 0 Å². The van der Waals surface area contributed by atoms with Crippen LogP contribution < -0.4 is 5.32 Å². The molecule has 3 nitrogen and oxygen atoms in total. The van der Waals surface area contributed by atoms with Crippen LogP contribution in [0.4, 0.5) is 0 Å². The minimum Gasteiger partial charge on any atom is -0.363 e. The van der Waals surface area contributed by atoms with E-state index in [1.54, 1.807) is 0 Å². The number of likely N-dealkylation sites (tertiary alicyclic amines) is 1. The van der Waals surface area contributed by atoms with E-state index in [1.165, 1.54) is 25.9 Å². The summed E-state index contributed by atoms with van der Waals surface area (Å²) in [4.78, 5) is 2.58. The van der Waals surface area contributed by atoms with Gasteiger partial charge in [-0.3, -0.25) is 5.32 Å². The van der Waals surface area contributed by atoms with Crippen molar-refractivity contribution in [2.45, 2.75) is 45.9 Å². The third-order valence-electron chi connectivity index (χ3n) is 3.87. The molecule has 0 aromatic carbocycles. The maximum Gasteiger partial charge on any atom is 0.108 e. The lowest BCUT2D eigenvalue weighted by Crippen LogP contribution is -2.43. The lowest BCUT2D eigenvalue weighted by atomic mass is 10.0. The highest BCUT2D eigenvalue weighted by molar-refractivity contribution is 4.80. The average Bonchev–Trinajstić information content (AvgIpc) is 2.70. The Balaban J connectivity index is 1.71. The van der Waals surface area contributed by atoms with Crippen LogP contribution in [0.5, 0.6) is 0 Å². The summed E-state index contributed by atoms with van der Waals surface area (Å²) in [6.45, 7) is 11.4. The molecule has 16 heavy (non-hydrogen) atoms. The Labute approximate surface area is 99.5 Å². The molecule has 2 fully saturated rings. The summed E-state index contributed by atoms with van der Waals surface area (Å²) >= 11 is 0. The maximum atomic E-state index is 5.82. The van der Waals surface area contributed by atoms with Gasteiger partial charge < -0.3 is 9.64 Å². The van der Waals surface area contributed by atoms with Crippen molar-refractivity contribution in [2.24, 2.45) is 11.8 Å². The van der Waals surface area contributed by atoms with Crippen LogP contribution in [0.1, 0.15) is 33.6 Å². The van der Waals surface area contributed by atoms with Crippen molar-refractivity contribution in [3.05, 3.63) is 0 Å². The molecule has 3 unspecified atom stereocenters. The van der Waals surface area contributed by atoms with Crippen LogP contribution in [0.3, 0.4) is 0 Å². The van der Waals surface area contributed by atoms with Gasteiger partial charge in [-0.05, 0) is 45.1 Å². The first-order chi connectivity index (χ1) is 7.65. The smallest absolute Gasteiger partial charge is 0.108 e. The average molecular weight is 226 g/mol. The van der Waals surface area contributed by atoms with Gasteiger partial charge in [0.25, 0.3) is 0 Å². The molecule has 2 heterocycles. The molecule has 2 aliphatic rings. The van der Waals surface area contributed by atoms with Crippen molar-refractivity contribution < 1.29 is 4.74 Å². The maximum absolute atomic E-state index is 5.82. The SMILES string of the molecule is CC1CNC(CC2CCN(C(C)C)C2)OC1. The molecule has 0 aliphatic carbocycles. The van der Waals surface area contributed by atoms with E-state index in [0.717, 1.165) is 19.1 Å². The van der Waals surface area contributed by atoms with Gasteiger partial charge in [-0.1, -0.05) is 6.92 Å². The number of hydrogen-bond donors (Lipinski definition) is 1. The van der Waals surface area contributed by atoms with Crippen molar-refractivity contribution in [1.29, 1.82) is 0 Å².